The van der Waals surface area contributed by atoms with Crippen molar-refractivity contribution in [2.24, 2.45) is 5.10 Å². The number of nitrogens with one attached hydrogen (secondary N) is 2. The first-order valence-electron chi connectivity index (χ1n) is 8.28. The van der Waals surface area contributed by atoms with Crippen LogP contribution in [0, 0.1) is 10.1 Å². The lowest BCUT2D eigenvalue weighted by atomic mass is 10.1. The van der Waals surface area contributed by atoms with Gasteiger partial charge in [0.2, 0.25) is 0 Å². The van der Waals surface area contributed by atoms with Crippen LogP contribution in [-0.4, -0.2) is 33.8 Å². The number of non-ortho nitro benzene ring substituents is 1. The number of rotatable bonds is 6. The number of hydrogen-bond acceptors (Lipinski definition) is 6. The molecule has 0 atom stereocenters. The molecule has 9 nitrogen and oxygen atoms in total. The smallest absolute Gasteiger partial charge is 0.289 e. The van der Waals surface area contributed by atoms with Crippen molar-refractivity contribution in [3.8, 4) is 17.0 Å². The Morgan fingerprint density at radius 1 is 1.21 bits per heavy atom. The Kier molecular flexibility index (Phi) is 5.45. The minimum Gasteiger partial charge on any atom is -0.496 e. The number of amides is 1. The number of hydrogen-bond donors (Lipinski definition) is 2. The van der Waals surface area contributed by atoms with Gasteiger partial charge in [-0.15, -0.1) is 0 Å². The van der Waals surface area contributed by atoms with Gasteiger partial charge in [-0.05, 0) is 42.8 Å². The van der Waals surface area contributed by atoms with E-state index in [-0.39, 0.29) is 11.4 Å². The summed E-state index contributed by atoms with van der Waals surface area (Å²) in [5.41, 5.74) is 5.15. The molecule has 2 N–H and O–H groups in total. The van der Waals surface area contributed by atoms with Crippen LogP contribution in [0.5, 0.6) is 5.75 Å². The standard InChI is InChI=1S/C19H17N5O4/c1-12(13-7-9-14(10-8-13)24(26)27)20-23-19(25)17-11-16(21-22-17)15-5-3-4-6-18(15)28-2/h3-11H,1-2H3,(H,21,22)(H,23,25)/b20-12+. The van der Waals surface area contributed by atoms with E-state index in [1.807, 2.05) is 24.3 Å². The second-order valence-electron chi connectivity index (χ2n) is 5.81. The molecule has 1 amide bonds. The zero-order chi connectivity index (χ0) is 20.1. The number of carbonyl (C=O) groups is 1. The van der Waals surface area contributed by atoms with E-state index in [1.165, 1.54) is 12.1 Å². The Morgan fingerprint density at radius 3 is 2.61 bits per heavy atom. The normalized spacial score (nSPS) is 11.1. The van der Waals surface area contributed by atoms with Crippen LogP contribution >= 0.6 is 0 Å². The number of para-hydroxylation sites is 1. The summed E-state index contributed by atoms with van der Waals surface area (Å²) in [6.45, 7) is 1.69. The van der Waals surface area contributed by atoms with Crippen LogP contribution in [0.2, 0.25) is 0 Å². The van der Waals surface area contributed by atoms with Gasteiger partial charge in [0.05, 0.1) is 23.4 Å². The molecule has 0 aliphatic carbocycles. The van der Waals surface area contributed by atoms with E-state index < -0.39 is 10.8 Å². The SMILES string of the molecule is COc1ccccc1-c1cc(C(=O)N/N=C(\C)c2ccc([N+](=O)[O-])cc2)[nH]n1. The molecule has 0 spiro atoms. The van der Waals surface area contributed by atoms with E-state index in [0.717, 1.165) is 5.56 Å². The molecule has 0 bridgehead atoms. The molecule has 0 aliphatic heterocycles. The fraction of sp³-hybridized carbons (Fsp3) is 0.105. The highest BCUT2D eigenvalue weighted by atomic mass is 16.6. The summed E-state index contributed by atoms with van der Waals surface area (Å²) in [6, 6.07) is 14.8. The van der Waals surface area contributed by atoms with Crippen LogP contribution in [0.4, 0.5) is 5.69 Å². The molecule has 0 aliphatic rings. The molecule has 0 unspecified atom stereocenters. The van der Waals surface area contributed by atoms with Gasteiger partial charge in [0.1, 0.15) is 11.4 Å². The Bertz CT molecular complexity index is 1040. The van der Waals surface area contributed by atoms with E-state index in [2.05, 4.69) is 20.7 Å². The summed E-state index contributed by atoms with van der Waals surface area (Å²) in [4.78, 5) is 22.5. The Balaban J connectivity index is 1.72. The number of carbonyl (C=O) groups excluding carboxylic acids is 1. The molecule has 0 fully saturated rings. The van der Waals surface area contributed by atoms with Crippen LogP contribution in [0.1, 0.15) is 23.0 Å². The molecule has 3 aromatic rings. The first kappa shape index (κ1) is 18.8. The number of hydrazone groups is 1. The molecule has 2 aromatic carbocycles. The molecule has 28 heavy (non-hydrogen) atoms. The lowest BCUT2D eigenvalue weighted by Gasteiger charge is -2.04. The van der Waals surface area contributed by atoms with E-state index in [1.54, 1.807) is 32.2 Å². The minimum atomic E-state index is -0.477. The maximum Gasteiger partial charge on any atom is 0.289 e. The molecule has 0 radical (unpaired) electrons. The van der Waals surface area contributed by atoms with Gasteiger partial charge in [-0.3, -0.25) is 20.0 Å². The number of nitro benzene ring substituents is 1. The van der Waals surface area contributed by atoms with E-state index >= 15 is 0 Å². The second kappa shape index (κ2) is 8.12. The minimum absolute atomic E-state index is 0.0121. The van der Waals surface area contributed by atoms with E-state index in [0.29, 0.717) is 22.7 Å². The first-order chi connectivity index (χ1) is 13.5. The van der Waals surface area contributed by atoms with E-state index in [9.17, 15) is 14.9 Å². The van der Waals surface area contributed by atoms with Crippen LogP contribution < -0.4 is 10.2 Å². The predicted octanol–water partition coefficient (Wildman–Crippen LogP) is 3.15. The molecule has 0 saturated carbocycles. The Labute approximate surface area is 160 Å². The number of ether oxygens (including phenoxy) is 1. The fourth-order valence-corrected chi connectivity index (χ4v) is 2.52. The van der Waals surface area contributed by atoms with Crippen molar-refractivity contribution >= 4 is 17.3 Å². The number of H-pyrrole nitrogens is 1. The number of nitro groups is 1. The van der Waals surface area contributed by atoms with Crippen molar-refractivity contribution in [2.75, 3.05) is 7.11 Å². The first-order valence-corrected chi connectivity index (χ1v) is 8.28. The van der Waals surface area contributed by atoms with Crippen molar-refractivity contribution in [2.45, 2.75) is 6.92 Å². The third kappa shape index (κ3) is 4.04. The zero-order valence-electron chi connectivity index (χ0n) is 15.2. The molecule has 1 heterocycles. The van der Waals surface area contributed by atoms with Crippen LogP contribution in [-0.2, 0) is 0 Å². The van der Waals surface area contributed by atoms with Crippen molar-refractivity contribution in [3.63, 3.8) is 0 Å². The summed E-state index contributed by atoms with van der Waals surface area (Å²) < 4.78 is 5.30. The average Bonchev–Trinajstić information content (AvgIpc) is 3.22. The lowest BCUT2D eigenvalue weighted by Crippen LogP contribution is -2.19. The van der Waals surface area contributed by atoms with E-state index in [4.69, 9.17) is 4.74 Å². The molecule has 3 rings (SSSR count). The van der Waals surface area contributed by atoms with Crippen molar-refractivity contribution < 1.29 is 14.5 Å². The summed E-state index contributed by atoms with van der Waals surface area (Å²) in [5, 5.41) is 21.6. The van der Waals surface area contributed by atoms with Crippen molar-refractivity contribution in [1.29, 1.82) is 0 Å². The van der Waals surface area contributed by atoms with Gasteiger partial charge in [0.15, 0.2) is 0 Å². The quantitative estimate of drug-likeness (QED) is 0.387. The highest BCUT2D eigenvalue weighted by Crippen LogP contribution is 2.28. The largest absolute Gasteiger partial charge is 0.496 e. The molecular formula is C19H17N5O4. The second-order valence-corrected chi connectivity index (χ2v) is 5.81. The van der Waals surface area contributed by atoms with Crippen LogP contribution in [0.15, 0.2) is 59.7 Å². The highest BCUT2D eigenvalue weighted by Gasteiger charge is 2.13. The maximum absolute atomic E-state index is 12.3. The van der Waals surface area contributed by atoms with Crippen LogP contribution in [0.25, 0.3) is 11.3 Å². The predicted molar refractivity (Wildman–Crippen MR) is 103 cm³/mol. The summed E-state index contributed by atoms with van der Waals surface area (Å²) >= 11 is 0. The maximum atomic E-state index is 12.3. The average molecular weight is 379 g/mol. The van der Waals surface area contributed by atoms with Gasteiger partial charge in [0, 0.05) is 17.7 Å². The third-order valence-electron chi connectivity index (χ3n) is 4.03. The Hall–Kier alpha value is -4.01. The molecule has 9 heteroatoms. The fourth-order valence-electron chi connectivity index (χ4n) is 2.52. The molecular weight excluding hydrogens is 362 g/mol. The summed E-state index contributed by atoms with van der Waals surface area (Å²) in [5.74, 6) is 0.183. The van der Waals surface area contributed by atoms with Gasteiger partial charge >= 0.3 is 0 Å². The molecule has 0 saturated heterocycles. The van der Waals surface area contributed by atoms with Gasteiger partial charge in [-0.25, -0.2) is 5.43 Å². The monoisotopic (exact) mass is 379 g/mol. The molecule has 1 aromatic heterocycles. The number of benzene rings is 2. The number of aromatic nitrogens is 2. The summed E-state index contributed by atoms with van der Waals surface area (Å²) in [6.07, 6.45) is 0. The molecule has 142 valence electrons. The highest BCUT2D eigenvalue weighted by molar-refractivity contribution is 6.00. The van der Waals surface area contributed by atoms with Gasteiger partial charge in [0.25, 0.3) is 11.6 Å². The lowest BCUT2D eigenvalue weighted by molar-refractivity contribution is -0.384. The zero-order valence-corrected chi connectivity index (χ0v) is 15.2. The van der Waals surface area contributed by atoms with Crippen molar-refractivity contribution in [1.82, 2.24) is 15.6 Å². The topological polar surface area (TPSA) is 123 Å². The van der Waals surface area contributed by atoms with Crippen LogP contribution in [0.3, 0.4) is 0 Å². The third-order valence-corrected chi connectivity index (χ3v) is 4.03. The van der Waals surface area contributed by atoms with Gasteiger partial charge < -0.3 is 4.74 Å². The number of nitrogens with zero attached hydrogens (tertiary/aromatic N) is 3. The van der Waals surface area contributed by atoms with Crippen molar-refractivity contribution in [3.05, 3.63) is 76.0 Å². The Morgan fingerprint density at radius 2 is 1.93 bits per heavy atom. The van der Waals surface area contributed by atoms with Gasteiger partial charge in [-0.1, -0.05) is 12.1 Å². The number of aromatic amines is 1. The summed E-state index contributed by atoms with van der Waals surface area (Å²) in [7, 11) is 1.56. The van der Waals surface area contributed by atoms with Gasteiger partial charge in [-0.2, -0.15) is 10.2 Å². The number of methoxy groups -OCH3 is 1.